The number of ether oxygens (including phenoxy) is 2. The van der Waals surface area contributed by atoms with Crippen LogP contribution in [0.25, 0.3) is 10.9 Å². The number of H-pyrrole nitrogens is 1. The van der Waals surface area contributed by atoms with Crippen LogP contribution in [0.15, 0.2) is 35.1 Å². The van der Waals surface area contributed by atoms with Crippen molar-refractivity contribution in [2.24, 2.45) is 0 Å². The van der Waals surface area contributed by atoms with Crippen LogP contribution < -0.4 is 10.3 Å². The zero-order valence-corrected chi connectivity index (χ0v) is 12.9. The van der Waals surface area contributed by atoms with E-state index >= 15 is 0 Å². The van der Waals surface area contributed by atoms with Gasteiger partial charge in [-0.2, -0.15) is 0 Å². The second-order valence-corrected chi connectivity index (χ2v) is 5.10. The standard InChI is InChI=1S/C17H21NO4/c1-3-6-15(17(20)21-11-4-2)22-14-8-5-7-13-12(14)9-10-16(19)18-13/h5,7-10,15H,3-4,6,11H2,1-2H3,(H,18,19). The van der Waals surface area contributed by atoms with Crippen LogP contribution in [0.1, 0.15) is 33.1 Å². The lowest BCUT2D eigenvalue weighted by Crippen LogP contribution is -2.29. The molecule has 0 aliphatic rings. The maximum Gasteiger partial charge on any atom is 0.347 e. The monoisotopic (exact) mass is 303 g/mol. The molecule has 118 valence electrons. The van der Waals surface area contributed by atoms with Gasteiger partial charge in [-0.25, -0.2) is 4.79 Å². The highest BCUT2D eigenvalue weighted by molar-refractivity contribution is 5.85. The quantitative estimate of drug-likeness (QED) is 0.798. The Bertz CT molecular complexity index is 692. The molecule has 1 heterocycles. The van der Waals surface area contributed by atoms with Crippen LogP contribution in [-0.4, -0.2) is 23.7 Å². The molecule has 1 unspecified atom stereocenters. The molecule has 0 spiro atoms. The number of pyridine rings is 1. The summed E-state index contributed by atoms with van der Waals surface area (Å²) in [5.74, 6) is 0.228. The number of carbonyl (C=O) groups excluding carboxylic acids is 1. The summed E-state index contributed by atoms with van der Waals surface area (Å²) in [5, 5.41) is 0.770. The largest absolute Gasteiger partial charge is 0.478 e. The minimum absolute atomic E-state index is 0.169. The highest BCUT2D eigenvalue weighted by Crippen LogP contribution is 2.25. The Hall–Kier alpha value is -2.30. The minimum Gasteiger partial charge on any atom is -0.478 e. The molecular formula is C17H21NO4. The molecule has 5 nitrogen and oxygen atoms in total. The molecule has 2 aromatic rings. The summed E-state index contributed by atoms with van der Waals surface area (Å²) in [6.07, 6.45) is 1.55. The van der Waals surface area contributed by atoms with Gasteiger partial charge in [0.2, 0.25) is 5.56 Å². The molecule has 0 bridgehead atoms. The molecule has 0 saturated carbocycles. The van der Waals surface area contributed by atoms with Crippen molar-refractivity contribution in [2.75, 3.05) is 6.61 Å². The van der Waals surface area contributed by atoms with Gasteiger partial charge in [-0.1, -0.05) is 26.3 Å². The van der Waals surface area contributed by atoms with Gasteiger partial charge in [-0.15, -0.1) is 0 Å². The molecule has 22 heavy (non-hydrogen) atoms. The van der Waals surface area contributed by atoms with Crippen molar-refractivity contribution >= 4 is 16.9 Å². The third-order valence-corrected chi connectivity index (χ3v) is 3.26. The molecule has 5 heteroatoms. The summed E-state index contributed by atoms with van der Waals surface area (Å²) >= 11 is 0. The Labute approximate surface area is 129 Å². The highest BCUT2D eigenvalue weighted by atomic mass is 16.6. The van der Waals surface area contributed by atoms with E-state index in [4.69, 9.17) is 9.47 Å². The molecule has 0 amide bonds. The SMILES string of the molecule is CCCOC(=O)C(CCC)Oc1cccc2[nH]c(=O)ccc12. The summed E-state index contributed by atoms with van der Waals surface area (Å²) in [6.45, 7) is 4.33. The second-order valence-electron chi connectivity index (χ2n) is 5.10. The van der Waals surface area contributed by atoms with Crippen LogP contribution in [0.2, 0.25) is 0 Å². The van der Waals surface area contributed by atoms with Gasteiger partial charge in [-0.3, -0.25) is 4.79 Å². The van der Waals surface area contributed by atoms with E-state index in [1.165, 1.54) is 6.07 Å². The molecule has 1 atom stereocenters. The zero-order chi connectivity index (χ0) is 15.9. The zero-order valence-electron chi connectivity index (χ0n) is 12.9. The maximum atomic E-state index is 12.1. The molecule has 1 aromatic heterocycles. The van der Waals surface area contributed by atoms with Crippen molar-refractivity contribution in [2.45, 2.75) is 39.2 Å². The Kier molecular flexibility index (Phi) is 5.58. The summed E-state index contributed by atoms with van der Waals surface area (Å²) < 4.78 is 11.1. The average molecular weight is 303 g/mol. The van der Waals surface area contributed by atoms with E-state index in [1.54, 1.807) is 24.3 Å². The third-order valence-electron chi connectivity index (χ3n) is 3.26. The van der Waals surface area contributed by atoms with E-state index < -0.39 is 6.10 Å². The first-order valence-electron chi connectivity index (χ1n) is 7.61. The topological polar surface area (TPSA) is 68.4 Å². The summed E-state index contributed by atoms with van der Waals surface area (Å²) in [4.78, 5) is 26.2. The first kappa shape index (κ1) is 16.1. The number of aromatic nitrogens is 1. The summed E-state index contributed by atoms with van der Waals surface area (Å²) in [6, 6.07) is 8.52. The lowest BCUT2D eigenvalue weighted by Gasteiger charge is -2.18. The van der Waals surface area contributed by atoms with Gasteiger partial charge in [0, 0.05) is 11.5 Å². The Morgan fingerprint density at radius 3 is 2.73 bits per heavy atom. The number of carbonyl (C=O) groups is 1. The number of nitrogens with one attached hydrogen (secondary N) is 1. The van der Waals surface area contributed by atoms with E-state index in [1.807, 2.05) is 13.8 Å². The Morgan fingerprint density at radius 2 is 2.00 bits per heavy atom. The number of esters is 1. The second kappa shape index (κ2) is 7.64. The molecular weight excluding hydrogens is 282 g/mol. The van der Waals surface area contributed by atoms with Crippen LogP contribution in [0.3, 0.4) is 0 Å². The Morgan fingerprint density at radius 1 is 1.18 bits per heavy atom. The minimum atomic E-state index is -0.630. The predicted molar refractivity (Wildman–Crippen MR) is 85.1 cm³/mol. The van der Waals surface area contributed by atoms with E-state index in [9.17, 15) is 9.59 Å². The van der Waals surface area contributed by atoms with Crippen molar-refractivity contribution in [3.05, 3.63) is 40.7 Å². The molecule has 0 radical (unpaired) electrons. The van der Waals surface area contributed by atoms with Crippen molar-refractivity contribution in [1.82, 2.24) is 4.98 Å². The first-order valence-corrected chi connectivity index (χ1v) is 7.61. The highest BCUT2D eigenvalue weighted by Gasteiger charge is 2.21. The molecule has 0 saturated heterocycles. The normalized spacial score (nSPS) is 12.1. The number of rotatable bonds is 7. The lowest BCUT2D eigenvalue weighted by atomic mass is 10.2. The van der Waals surface area contributed by atoms with Crippen molar-refractivity contribution < 1.29 is 14.3 Å². The number of hydrogen-bond donors (Lipinski definition) is 1. The summed E-state index contributed by atoms with van der Waals surface area (Å²) in [7, 11) is 0. The predicted octanol–water partition coefficient (Wildman–Crippen LogP) is 3.03. The molecule has 2 rings (SSSR count). The van der Waals surface area contributed by atoms with Crippen LogP contribution in [0.5, 0.6) is 5.75 Å². The van der Waals surface area contributed by atoms with Crippen LogP contribution in [-0.2, 0) is 9.53 Å². The van der Waals surface area contributed by atoms with Gasteiger partial charge in [0.25, 0.3) is 0 Å². The smallest absolute Gasteiger partial charge is 0.347 e. The lowest BCUT2D eigenvalue weighted by molar-refractivity contribution is -0.152. The van der Waals surface area contributed by atoms with Gasteiger partial charge in [0.1, 0.15) is 5.75 Å². The average Bonchev–Trinajstić information content (AvgIpc) is 2.52. The molecule has 0 aliphatic carbocycles. The van der Waals surface area contributed by atoms with Crippen LogP contribution in [0.4, 0.5) is 0 Å². The van der Waals surface area contributed by atoms with Gasteiger partial charge in [-0.05, 0) is 31.0 Å². The van der Waals surface area contributed by atoms with Crippen molar-refractivity contribution in [3.8, 4) is 5.75 Å². The van der Waals surface area contributed by atoms with Crippen LogP contribution >= 0.6 is 0 Å². The van der Waals surface area contributed by atoms with Crippen molar-refractivity contribution in [1.29, 1.82) is 0 Å². The summed E-state index contributed by atoms with van der Waals surface area (Å²) in [5.41, 5.74) is 0.513. The van der Waals surface area contributed by atoms with Gasteiger partial charge < -0.3 is 14.5 Å². The number of aromatic amines is 1. The molecule has 0 fully saturated rings. The molecule has 0 aliphatic heterocycles. The molecule has 1 aromatic carbocycles. The van der Waals surface area contributed by atoms with Gasteiger partial charge in [0.15, 0.2) is 6.10 Å². The van der Waals surface area contributed by atoms with E-state index in [2.05, 4.69) is 4.98 Å². The van der Waals surface area contributed by atoms with Crippen molar-refractivity contribution in [3.63, 3.8) is 0 Å². The van der Waals surface area contributed by atoms with Gasteiger partial charge >= 0.3 is 5.97 Å². The fourth-order valence-corrected chi connectivity index (χ4v) is 2.20. The van der Waals surface area contributed by atoms with Crippen LogP contribution in [0, 0.1) is 0 Å². The number of fused-ring (bicyclic) bond motifs is 1. The fourth-order valence-electron chi connectivity index (χ4n) is 2.20. The van der Waals surface area contributed by atoms with Gasteiger partial charge in [0.05, 0.1) is 12.1 Å². The number of hydrogen-bond acceptors (Lipinski definition) is 4. The van der Waals surface area contributed by atoms with E-state index in [0.717, 1.165) is 18.2 Å². The molecule has 1 N–H and O–H groups in total. The first-order chi connectivity index (χ1) is 10.7. The Balaban J connectivity index is 2.26. The fraction of sp³-hybridized carbons (Fsp3) is 0.412. The third kappa shape index (κ3) is 3.87. The van der Waals surface area contributed by atoms with E-state index in [-0.39, 0.29) is 11.5 Å². The number of benzene rings is 1. The van der Waals surface area contributed by atoms with E-state index in [0.29, 0.717) is 24.3 Å². The maximum absolute atomic E-state index is 12.1.